The number of anilines is 1. The van der Waals surface area contributed by atoms with Gasteiger partial charge in [0.15, 0.2) is 0 Å². The minimum atomic E-state index is -0.334. The van der Waals surface area contributed by atoms with Gasteiger partial charge in [0.25, 0.3) is 0 Å². The van der Waals surface area contributed by atoms with E-state index < -0.39 is 0 Å². The summed E-state index contributed by atoms with van der Waals surface area (Å²) >= 11 is 0. The first-order chi connectivity index (χ1) is 10.6. The Hall–Kier alpha value is -1.95. The second kappa shape index (κ2) is 7.89. The first kappa shape index (κ1) is 16.4. The number of amides is 1. The Balaban J connectivity index is 1.74. The number of ether oxygens (including phenoxy) is 1. The van der Waals surface area contributed by atoms with Crippen molar-refractivity contribution < 1.29 is 18.7 Å². The Bertz CT molecular complexity index is 511. The number of carbonyl (C=O) groups is 2. The van der Waals surface area contributed by atoms with Crippen LogP contribution in [-0.2, 0) is 14.3 Å². The quantitative estimate of drug-likeness (QED) is 0.846. The van der Waals surface area contributed by atoms with Crippen LogP contribution < -0.4 is 5.32 Å². The van der Waals surface area contributed by atoms with E-state index in [-0.39, 0.29) is 30.2 Å². The predicted octanol–water partition coefficient (Wildman–Crippen LogP) is 2.04. The Labute approximate surface area is 129 Å². The van der Waals surface area contributed by atoms with E-state index in [4.69, 9.17) is 4.74 Å². The van der Waals surface area contributed by atoms with Gasteiger partial charge in [0.2, 0.25) is 5.91 Å². The zero-order valence-electron chi connectivity index (χ0n) is 12.7. The third kappa shape index (κ3) is 4.80. The summed E-state index contributed by atoms with van der Waals surface area (Å²) < 4.78 is 17.8. The molecule has 1 fully saturated rings. The lowest BCUT2D eigenvalue weighted by molar-refractivity contribution is -0.149. The molecule has 1 aliphatic heterocycles. The zero-order valence-corrected chi connectivity index (χ0v) is 12.7. The summed E-state index contributed by atoms with van der Waals surface area (Å²) in [5, 5.41) is 2.73. The molecule has 1 aromatic carbocycles. The van der Waals surface area contributed by atoms with Crippen molar-refractivity contribution in [3.8, 4) is 0 Å². The van der Waals surface area contributed by atoms with Crippen LogP contribution in [0.15, 0.2) is 24.3 Å². The fourth-order valence-electron chi connectivity index (χ4n) is 2.52. The molecule has 0 aromatic heterocycles. The summed E-state index contributed by atoms with van der Waals surface area (Å²) in [5.41, 5.74) is 0.577. The van der Waals surface area contributed by atoms with Crippen LogP contribution in [0.5, 0.6) is 0 Å². The van der Waals surface area contributed by atoms with Gasteiger partial charge in [0.05, 0.1) is 19.1 Å². The molecule has 0 saturated carbocycles. The number of hydrogen-bond donors (Lipinski definition) is 1. The topological polar surface area (TPSA) is 58.6 Å². The number of hydrogen-bond acceptors (Lipinski definition) is 4. The molecule has 1 aliphatic rings. The van der Waals surface area contributed by atoms with Crippen molar-refractivity contribution in [1.82, 2.24) is 4.90 Å². The molecule has 0 spiro atoms. The van der Waals surface area contributed by atoms with Crippen molar-refractivity contribution in [3.63, 3.8) is 0 Å². The van der Waals surface area contributed by atoms with Crippen LogP contribution in [0, 0.1) is 11.7 Å². The molecule has 0 unspecified atom stereocenters. The summed E-state index contributed by atoms with van der Waals surface area (Å²) in [6, 6.07) is 5.67. The number of nitrogens with one attached hydrogen (secondary N) is 1. The summed E-state index contributed by atoms with van der Waals surface area (Å²) in [5.74, 6) is -0.672. The van der Waals surface area contributed by atoms with Gasteiger partial charge in [-0.1, -0.05) is 0 Å². The third-order valence-electron chi connectivity index (χ3n) is 3.70. The highest BCUT2D eigenvalue weighted by atomic mass is 19.1. The summed E-state index contributed by atoms with van der Waals surface area (Å²) in [6.45, 7) is 3.86. The van der Waals surface area contributed by atoms with E-state index in [1.54, 1.807) is 6.92 Å². The highest BCUT2D eigenvalue weighted by molar-refractivity contribution is 5.92. The molecule has 0 aliphatic carbocycles. The van der Waals surface area contributed by atoms with Crippen LogP contribution in [0.2, 0.25) is 0 Å². The van der Waals surface area contributed by atoms with Crippen LogP contribution in [0.4, 0.5) is 10.1 Å². The lowest BCUT2D eigenvalue weighted by atomic mass is 9.97. The van der Waals surface area contributed by atoms with Gasteiger partial charge in [0, 0.05) is 5.69 Å². The molecule has 1 amide bonds. The Morgan fingerprint density at radius 3 is 2.50 bits per heavy atom. The van der Waals surface area contributed by atoms with E-state index in [1.165, 1.54) is 24.3 Å². The highest BCUT2D eigenvalue weighted by Gasteiger charge is 2.26. The van der Waals surface area contributed by atoms with Crippen molar-refractivity contribution in [3.05, 3.63) is 30.1 Å². The Kier molecular flexibility index (Phi) is 5.89. The van der Waals surface area contributed by atoms with Gasteiger partial charge in [-0.3, -0.25) is 14.5 Å². The fraction of sp³-hybridized carbons (Fsp3) is 0.500. The average Bonchev–Trinajstić information content (AvgIpc) is 2.50. The standard InChI is InChI=1S/C16H21FN2O3/c1-2-22-16(21)12-7-9-19(10-8-12)11-15(20)18-14-5-3-13(17)4-6-14/h3-6,12H,2,7-11H2,1H3,(H,18,20). The largest absolute Gasteiger partial charge is 0.466 e. The van der Waals surface area contributed by atoms with Crippen molar-refractivity contribution >= 4 is 17.6 Å². The van der Waals surface area contributed by atoms with Gasteiger partial charge in [-0.15, -0.1) is 0 Å². The molecule has 6 heteroatoms. The lowest BCUT2D eigenvalue weighted by Crippen LogP contribution is -2.41. The summed E-state index contributed by atoms with van der Waals surface area (Å²) in [6.07, 6.45) is 1.42. The number of carbonyl (C=O) groups excluding carboxylic acids is 2. The zero-order chi connectivity index (χ0) is 15.9. The number of likely N-dealkylation sites (tertiary alicyclic amines) is 1. The molecule has 0 radical (unpaired) electrons. The molecule has 2 rings (SSSR count). The summed E-state index contributed by atoms with van der Waals surface area (Å²) in [7, 11) is 0. The van der Waals surface area contributed by atoms with E-state index in [1.807, 2.05) is 4.90 Å². The highest BCUT2D eigenvalue weighted by Crippen LogP contribution is 2.18. The monoisotopic (exact) mass is 308 g/mol. The fourth-order valence-corrected chi connectivity index (χ4v) is 2.52. The van der Waals surface area contributed by atoms with Gasteiger partial charge in [0.1, 0.15) is 5.82 Å². The average molecular weight is 308 g/mol. The van der Waals surface area contributed by atoms with Crippen molar-refractivity contribution in [2.45, 2.75) is 19.8 Å². The third-order valence-corrected chi connectivity index (χ3v) is 3.70. The van der Waals surface area contributed by atoms with Crippen LogP contribution in [0.25, 0.3) is 0 Å². The van der Waals surface area contributed by atoms with Crippen molar-refractivity contribution in [1.29, 1.82) is 0 Å². The SMILES string of the molecule is CCOC(=O)C1CCN(CC(=O)Nc2ccc(F)cc2)CC1. The van der Waals surface area contributed by atoms with Crippen LogP contribution in [0.3, 0.4) is 0 Å². The smallest absolute Gasteiger partial charge is 0.309 e. The minimum Gasteiger partial charge on any atom is -0.466 e. The predicted molar refractivity (Wildman–Crippen MR) is 80.8 cm³/mol. The molecule has 1 heterocycles. The van der Waals surface area contributed by atoms with E-state index in [9.17, 15) is 14.0 Å². The van der Waals surface area contributed by atoms with E-state index in [0.717, 1.165) is 0 Å². The molecular formula is C16H21FN2O3. The van der Waals surface area contributed by atoms with Gasteiger partial charge in [-0.05, 0) is 57.1 Å². The number of benzene rings is 1. The van der Waals surface area contributed by atoms with Gasteiger partial charge >= 0.3 is 5.97 Å². The van der Waals surface area contributed by atoms with Crippen molar-refractivity contribution in [2.75, 3.05) is 31.6 Å². The van der Waals surface area contributed by atoms with E-state index in [0.29, 0.717) is 38.2 Å². The van der Waals surface area contributed by atoms with Gasteiger partial charge in [-0.25, -0.2) is 4.39 Å². The molecule has 22 heavy (non-hydrogen) atoms. The second-order valence-electron chi connectivity index (χ2n) is 5.36. The maximum absolute atomic E-state index is 12.8. The first-order valence-electron chi connectivity index (χ1n) is 7.53. The van der Waals surface area contributed by atoms with Gasteiger partial charge < -0.3 is 10.1 Å². The molecule has 0 atom stereocenters. The molecule has 0 bridgehead atoms. The summed E-state index contributed by atoms with van der Waals surface area (Å²) in [4.78, 5) is 25.6. The minimum absolute atomic E-state index is 0.0589. The maximum Gasteiger partial charge on any atom is 0.309 e. The van der Waals surface area contributed by atoms with Crippen LogP contribution in [0.1, 0.15) is 19.8 Å². The number of halogens is 1. The van der Waals surface area contributed by atoms with Crippen LogP contribution in [-0.4, -0.2) is 43.0 Å². The molecule has 1 saturated heterocycles. The number of rotatable bonds is 5. The molecule has 120 valence electrons. The number of esters is 1. The molecule has 1 N–H and O–H groups in total. The van der Waals surface area contributed by atoms with Gasteiger partial charge in [-0.2, -0.15) is 0 Å². The number of piperidine rings is 1. The second-order valence-corrected chi connectivity index (χ2v) is 5.36. The number of nitrogens with zero attached hydrogens (tertiary/aromatic N) is 1. The normalized spacial score (nSPS) is 16.3. The van der Waals surface area contributed by atoms with Crippen molar-refractivity contribution in [2.24, 2.45) is 5.92 Å². The maximum atomic E-state index is 12.8. The van der Waals surface area contributed by atoms with E-state index >= 15 is 0 Å². The lowest BCUT2D eigenvalue weighted by Gasteiger charge is -2.30. The Morgan fingerprint density at radius 2 is 1.91 bits per heavy atom. The Morgan fingerprint density at radius 1 is 1.27 bits per heavy atom. The molecule has 5 nitrogen and oxygen atoms in total. The van der Waals surface area contributed by atoms with E-state index in [2.05, 4.69) is 5.32 Å². The first-order valence-corrected chi connectivity index (χ1v) is 7.53. The van der Waals surface area contributed by atoms with Crippen LogP contribution >= 0.6 is 0 Å². The molecular weight excluding hydrogens is 287 g/mol. The molecule has 1 aromatic rings.